The third kappa shape index (κ3) is 4.92. The molecule has 0 fully saturated rings. The normalized spacial score (nSPS) is 15.5. The summed E-state index contributed by atoms with van der Waals surface area (Å²) >= 11 is 19.5. The molecule has 10 heteroatoms. The van der Waals surface area contributed by atoms with Gasteiger partial charge in [-0.2, -0.15) is 0 Å². The average Bonchev–Trinajstić information content (AvgIpc) is 3.45. The molecular weight excluding hydrogens is 555 g/mol. The van der Waals surface area contributed by atoms with Crippen molar-refractivity contribution in [1.29, 1.82) is 0 Å². The summed E-state index contributed by atoms with van der Waals surface area (Å²) in [6, 6.07) is 15.1. The van der Waals surface area contributed by atoms with Crippen molar-refractivity contribution in [2.24, 2.45) is 4.99 Å². The summed E-state index contributed by atoms with van der Waals surface area (Å²) in [5.74, 6) is 0.545. The van der Waals surface area contributed by atoms with Gasteiger partial charge in [0, 0.05) is 16.7 Å². The molecule has 1 atom stereocenters. The molecule has 0 unspecified atom stereocenters. The molecule has 0 saturated carbocycles. The average molecular weight is 574 g/mol. The minimum Gasteiger partial charge on any atom is -0.463 e. The number of halogens is 3. The van der Waals surface area contributed by atoms with Crippen LogP contribution in [0.4, 0.5) is 0 Å². The number of nitrogens with zero attached hydrogens (tertiary/aromatic N) is 2. The number of aromatic nitrogens is 1. The lowest BCUT2D eigenvalue weighted by Crippen LogP contribution is -2.39. The molecule has 2 aromatic carbocycles. The summed E-state index contributed by atoms with van der Waals surface area (Å²) in [7, 11) is 0. The molecule has 5 rings (SSSR count). The van der Waals surface area contributed by atoms with Crippen molar-refractivity contribution in [3.63, 3.8) is 0 Å². The van der Waals surface area contributed by atoms with E-state index in [-0.39, 0.29) is 12.2 Å². The second-order valence-corrected chi connectivity index (χ2v) is 10.4. The van der Waals surface area contributed by atoms with Crippen molar-refractivity contribution in [3.05, 3.63) is 112 Å². The number of thiazole rings is 1. The second-order valence-electron chi connectivity index (χ2n) is 8.18. The molecule has 3 heterocycles. The Kier molecular flexibility index (Phi) is 7.14. The maximum atomic E-state index is 13.7. The number of benzene rings is 2. The first kappa shape index (κ1) is 25.5. The van der Waals surface area contributed by atoms with Crippen LogP contribution in [0.25, 0.3) is 17.4 Å². The minimum absolute atomic E-state index is 0.201. The van der Waals surface area contributed by atoms with Crippen LogP contribution < -0.4 is 14.9 Å². The monoisotopic (exact) mass is 572 g/mol. The lowest BCUT2D eigenvalue weighted by atomic mass is 9.96. The maximum Gasteiger partial charge on any atom is 0.338 e. The van der Waals surface area contributed by atoms with E-state index in [0.29, 0.717) is 52.8 Å². The Labute approximate surface area is 230 Å². The van der Waals surface area contributed by atoms with Crippen LogP contribution in [0, 0.1) is 0 Å². The number of hydrogen-bond donors (Lipinski definition) is 0. The molecule has 0 N–H and O–H groups in total. The van der Waals surface area contributed by atoms with E-state index < -0.39 is 12.0 Å². The summed E-state index contributed by atoms with van der Waals surface area (Å²) in [5.41, 5.74) is 1.97. The van der Waals surface area contributed by atoms with Crippen molar-refractivity contribution < 1.29 is 13.9 Å². The fourth-order valence-electron chi connectivity index (χ4n) is 4.12. The van der Waals surface area contributed by atoms with E-state index in [1.54, 1.807) is 74.5 Å². The van der Waals surface area contributed by atoms with E-state index in [4.69, 9.17) is 44.0 Å². The Morgan fingerprint density at radius 1 is 1.11 bits per heavy atom. The Balaban J connectivity index is 1.62. The van der Waals surface area contributed by atoms with Gasteiger partial charge in [0.25, 0.3) is 5.56 Å². The molecule has 1 aliphatic heterocycles. The van der Waals surface area contributed by atoms with Crippen LogP contribution >= 0.6 is 46.1 Å². The predicted octanol–water partition coefficient (Wildman–Crippen LogP) is 6.02. The molecular formula is C27H19Cl3N2O4S. The van der Waals surface area contributed by atoms with Crippen molar-refractivity contribution in [1.82, 2.24) is 4.57 Å². The summed E-state index contributed by atoms with van der Waals surface area (Å²) in [6.07, 6.45) is 1.66. The van der Waals surface area contributed by atoms with Gasteiger partial charge in [-0.1, -0.05) is 58.3 Å². The summed E-state index contributed by atoms with van der Waals surface area (Å²) in [5, 5.41) is 1.41. The Hall–Kier alpha value is -3.10. The molecule has 188 valence electrons. The van der Waals surface area contributed by atoms with Crippen molar-refractivity contribution >= 4 is 58.2 Å². The number of carbonyl (C=O) groups is 1. The Morgan fingerprint density at radius 2 is 1.86 bits per heavy atom. The highest BCUT2D eigenvalue weighted by molar-refractivity contribution is 7.07. The topological polar surface area (TPSA) is 73.8 Å². The first-order valence-corrected chi connectivity index (χ1v) is 13.2. The van der Waals surface area contributed by atoms with Gasteiger partial charge >= 0.3 is 5.97 Å². The van der Waals surface area contributed by atoms with Gasteiger partial charge < -0.3 is 9.15 Å². The van der Waals surface area contributed by atoms with Gasteiger partial charge in [-0.25, -0.2) is 9.79 Å². The predicted molar refractivity (Wildman–Crippen MR) is 146 cm³/mol. The van der Waals surface area contributed by atoms with Gasteiger partial charge in [-0.05, 0) is 61.9 Å². The van der Waals surface area contributed by atoms with E-state index in [2.05, 4.69) is 4.99 Å². The number of rotatable bonds is 5. The summed E-state index contributed by atoms with van der Waals surface area (Å²) < 4.78 is 13.2. The number of fused-ring (bicyclic) bond motifs is 1. The van der Waals surface area contributed by atoms with Gasteiger partial charge in [-0.3, -0.25) is 9.36 Å². The molecule has 4 aromatic rings. The van der Waals surface area contributed by atoms with Gasteiger partial charge in [0.15, 0.2) is 4.80 Å². The van der Waals surface area contributed by atoms with E-state index in [1.165, 1.54) is 15.9 Å². The number of esters is 1. The molecule has 0 radical (unpaired) electrons. The van der Waals surface area contributed by atoms with Crippen molar-refractivity contribution in [3.8, 4) is 11.3 Å². The zero-order valence-electron chi connectivity index (χ0n) is 19.6. The van der Waals surface area contributed by atoms with Gasteiger partial charge in [0.2, 0.25) is 0 Å². The van der Waals surface area contributed by atoms with E-state index >= 15 is 0 Å². The van der Waals surface area contributed by atoms with Crippen LogP contribution in [0.15, 0.2) is 80.1 Å². The van der Waals surface area contributed by atoms with Crippen LogP contribution in [0.3, 0.4) is 0 Å². The third-order valence-electron chi connectivity index (χ3n) is 5.81. The SMILES string of the molecule is CCOC(=O)C1=C(C)N=c2s/c(=C/c3ccc(-c4ccc(Cl)c(Cl)c4)o3)c(=O)n2[C@H]1c1ccc(Cl)cc1. The van der Waals surface area contributed by atoms with Crippen LogP contribution in [0.1, 0.15) is 31.2 Å². The fourth-order valence-corrected chi connectivity index (χ4v) is 5.57. The summed E-state index contributed by atoms with van der Waals surface area (Å²) in [4.78, 5) is 31.7. The third-order valence-corrected chi connectivity index (χ3v) is 7.78. The highest BCUT2D eigenvalue weighted by Gasteiger charge is 2.33. The first-order valence-electron chi connectivity index (χ1n) is 11.3. The lowest BCUT2D eigenvalue weighted by molar-refractivity contribution is -0.139. The zero-order chi connectivity index (χ0) is 26.3. The molecule has 2 aromatic heterocycles. The van der Waals surface area contributed by atoms with Crippen molar-refractivity contribution in [2.75, 3.05) is 6.61 Å². The van der Waals surface area contributed by atoms with E-state index in [0.717, 1.165) is 5.56 Å². The van der Waals surface area contributed by atoms with Gasteiger partial charge in [0.1, 0.15) is 11.5 Å². The Morgan fingerprint density at radius 3 is 2.57 bits per heavy atom. The van der Waals surface area contributed by atoms with Crippen LogP contribution in [0.2, 0.25) is 15.1 Å². The molecule has 6 nitrogen and oxygen atoms in total. The standard InChI is InChI=1S/C27H19Cl3N2O4S/c1-3-35-26(34)23-14(2)31-27-32(24(23)15-4-7-17(28)8-5-15)25(33)22(37-27)13-18-9-11-21(36-18)16-6-10-19(29)20(30)12-16/h4-13,24H,3H2,1-2H3/b22-13+/t24-/m0/s1. The van der Waals surface area contributed by atoms with Crippen molar-refractivity contribution in [2.45, 2.75) is 19.9 Å². The van der Waals surface area contributed by atoms with Crippen LogP contribution in [-0.4, -0.2) is 17.1 Å². The highest BCUT2D eigenvalue weighted by atomic mass is 35.5. The minimum atomic E-state index is -0.710. The fraction of sp³-hybridized carbons (Fsp3) is 0.148. The number of carbonyl (C=O) groups excluding carboxylic acids is 1. The zero-order valence-corrected chi connectivity index (χ0v) is 22.7. The lowest BCUT2D eigenvalue weighted by Gasteiger charge is -2.24. The number of ether oxygens (including phenoxy) is 1. The molecule has 0 spiro atoms. The smallest absolute Gasteiger partial charge is 0.338 e. The van der Waals surface area contributed by atoms with E-state index in [1.807, 2.05) is 0 Å². The van der Waals surface area contributed by atoms with Gasteiger partial charge in [-0.15, -0.1) is 0 Å². The number of hydrogen-bond acceptors (Lipinski definition) is 6. The quantitative estimate of drug-likeness (QED) is 0.274. The van der Waals surface area contributed by atoms with E-state index in [9.17, 15) is 9.59 Å². The molecule has 0 bridgehead atoms. The summed E-state index contributed by atoms with van der Waals surface area (Å²) in [6.45, 7) is 3.67. The molecule has 0 aliphatic carbocycles. The van der Waals surface area contributed by atoms with Gasteiger partial charge in [0.05, 0.1) is 38.5 Å². The highest BCUT2D eigenvalue weighted by Crippen LogP contribution is 2.32. The molecule has 0 amide bonds. The number of allylic oxidation sites excluding steroid dienone is 1. The molecule has 0 saturated heterocycles. The Bertz CT molecular complexity index is 1730. The molecule has 37 heavy (non-hydrogen) atoms. The maximum absolute atomic E-state index is 13.7. The first-order chi connectivity index (χ1) is 17.8. The molecule has 1 aliphatic rings. The second kappa shape index (κ2) is 10.3. The largest absolute Gasteiger partial charge is 0.463 e. The number of furan rings is 1. The van der Waals surface area contributed by atoms with Crippen LogP contribution in [-0.2, 0) is 9.53 Å². The van der Waals surface area contributed by atoms with Crippen LogP contribution in [0.5, 0.6) is 0 Å².